The summed E-state index contributed by atoms with van der Waals surface area (Å²) in [6.07, 6.45) is 2.92. The van der Waals surface area contributed by atoms with E-state index in [-0.39, 0.29) is 0 Å². The second-order valence-corrected chi connectivity index (χ2v) is 5.67. The summed E-state index contributed by atoms with van der Waals surface area (Å²) < 4.78 is 5.65. The topological polar surface area (TPSA) is 59.6 Å². The summed E-state index contributed by atoms with van der Waals surface area (Å²) in [5.74, 6) is 0.524. The maximum atomic E-state index is 5.86. The van der Waals surface area contributed by atoms with E-state index in [1.54, 1.807) is 0 Å². The molecule has 4 nitrogen and oxygen atoms in total. The Balaban J connectivity index is 1.47. The number of nitrogens with two attached hydrogens (primary N) is 1. The normalized spacial score (nSPS) is 11.4. The molecule has 3 N–H and O–H groups in total. The predicted molar refractivity (Wildman–Crippen MR) is 100.0 cm³/mol. The number of aliphatic imine (C=N–C) groups is 1. The third-order valence-corrected chi connectivity index (χ3v) is 3.65. The minimum atomic E-state index is 0.524. The molecule has 0 aromatic heterocycles. The first kappa shape index (κ1) is 18.0. The van der Waals surface area contributed by atoms with Gasteiger partial charge in [-0.2, -0.15) is 0 Å². The second-order valence-electron chi connectivity index (χ2n) is 5.67. The maximum absolute atomic E-state index is 5.86. The monoisotopic (exact) mass is 325 g/mol. The van der Waals surface area contributed by atoms with Crippen molar-refractivity contribution < 1.29 is 4.74 Å². The summed E-state index contributed by atoms with van der Waals surface area (Å²) in [7, 11) is 0. The lowest BCUT2D eigenvalue weighted by Crippen LogP contribution is -2.33. The molecule has 0 saturated heterocycles. The summed E-state index contributed by atoms with van der Waals surface area (Å²) in [6.45, 7) is 2.97. The van der Waals surface area contributed by atoms with E-state index in [4.69, 9.17) is 10.5 Å². The molecule has 0 bridgehead atoms. The third kappa shape index (κ3) is 7.79. The minimum absolute atomic E-state index is 0.524. The van der Waals surface area contributed by atoms with Crippen LogP contribution in [0.4, 0.5) is 0 Å². The zero-order chi connectivity index (χ0) is 16.9. The average molecular weight is 325 g/mol. The molecule has 0 saturated carbocycles. The highest BCUT2D eigenvalue weighted by Crippen LogP contribution is 2.01. The van der Waals surface area contributed by atoms with Crippen molar-refractivity contribution in [2.75, 3.05) is 19.7 Å². The van der Waals surface area contributed by atoms with Crippen molar-refractivity contribution in [3.05, 3.63) is 71.8 Å². The summed E-state index contributed by atoms with van der Waals surface area (Å²) in [4.78, 5) is 4.34. The van der Waals surface area contributed by atoms with Crippen molar-refractivity contribution in [3.63, 3.8) is 0 Å². The summed E-state index contributed by atoms with van der Waals surface area (Å²) in [5.41, 5.74) is 8.37. The molecule has 128 valence electrons. The molecule has 24 heavy (non-hydrogen) atoms. The lowest BCUT2D eigenvalue weighted by atomic mass is 10.1. The smallest absolute Gasteiger partial charge is 0.188 e. The van der Waals surface area contributed by atoms with Crippen LogP contribution in [0.15, 0.2) is 65.7 Å². The Morgan fingerprint density at radius 1 is 0.917 bits per heavy atom. The number of unbranched alkanes of at least 4 members (excludes halogenated alkanes) is 1. The van der Waals surface area contributed by atoms with Gasteiger partial charge in [0.1, 0.15) is 0 Å². The summed E-state index contributed by atoms with van der Waals surface area (Å²) in [6, 6.07) is 20.6. The van der Waals surface area contributed by atoms with Gasteiger partial charge in [0.05, 0.1) is 6.61 Å². The Labute approximate surface area is 144 Å². The standard InChI is InChI=1S/C20H27N3O/c21-20(23-15-13-18-9-3-1-4-10-18)22-14-7-8-16-24-17-19-11-5-2-6-12-19/h1-6,9-12H,7-8,13-17H2,(H3,21,22,23). The zero-order valence-electron chi connectivity index (χ0n) is 14.2. The number of hydrogen-bond donors (Lipinski definition) is 2. The van der Waals surface area contributed by atoms with Gasteiger partial charge in [-0.15, -0.1) is 0 Å². The van der Waals surface area contributed by atoms with E-state index in [9.17, 15) is 0 Å². The van der Waals surface area contributed by atoms with Gasteiger partial charge in [-0.3, -0.25) is 4.99 Å². The van der Waals surface area contributed by atoms with Gasteiger partial charge in [-0.25, -0.2) is 0 Å². The van der Waals surface area contributed by atoms with Crippen LogP contribution in [0.3, 0.4) is 0 Å². The van der Waals surface area contributed by atoms with Crippen LogP contribution in [0, 0.1) is 0 Å². The highest BCUT2D eigenvalue weighted by atomic mass is 16.5. The fraction of sp³-hybridized carbons (Fsp3) is 0.350. The fourth-order valence-corrected chi connectivity index (χ4v) is 2.32. The van der Waals surface area contributed by atoms with E-state index < -0.39 is 0 Å². The Bertz CT molecular complexity index is 584. The molecule has 0 heterocycles. The van der Waals surface area contributed by atoms with Crippen molar-refractivity contribution in [3.8, 4) is 0 Å². The number of nitrogens with zero attached hydrogens (tertiary/aromatic N) is 1. The van der Waals surface area contributed by atoms with Crippen molar-refractivity contribution in [2.24, 2.45) is 10.7 Å². The summed E-state index contributed by atoms with van der Waals surface area (Å²) >= 11 is 0. The zero-order valence-corrected chi connectivity index (χ0v) is 14.2. The number of guanidine groups is 1. The molecular weight excluding hydrogens is 298 g/mol. The van der Waals surface area contributed by atoms with E-state index in [0.29, 0.717) is 12.6 Å². The fourth-order valence-electron chi connectivity index (χ4n) is 2.32. The number of ether oxygens (including phenoxy) is 1. The lowest BCUT2D eigenvalue weighted by molar-refractivity contribution is 0.117. The van der Waals surface area contributed by atoms with Crippen LogP contribution in [0.1, 0.15) is 24.0 Å². The molecule has 0 aliphatic heterocycles. The van der Waals surface area contributed by atoms with Gasteiger partial charge in [0.15, 0.2) is 5.96 Å². The number of rotatable bonds is 10. The van der Waals surface area contributed by atoms with Crippen molar-refractivity contribution in [2.45, 2.75) is 25.9 Å². The van der Waals surface area contributed by atoms with Gasteiger partial charge in [0.2, 0.25) is 0 Å². The largest absolute Gasteiger partial charge is 0.377 e. The van der Waals surface area contributed by atoms with E-state index in [1.807, 2.05) is 36.4 Å². The highest BCUT2D eigenvalue weighted by Gasteiger charge is 1.95. The minimum Gasteiger partial charge on any atom is -0.377 e. The van der Waals surface area contributed by atoms with Crippen molar-refractivity contribution in [1.29, 1.82) is 0 Å². The van der Waals surface area contributed by atoms with Crippen molar-refractivity contribution >= 4 is 5.96 Å². The number of benzene rings is 2. The first-order chi connectivity index (χ1) is 11.8. The Hall–Kier alpha value is -2.33. The molecule has 0 aliphatic rings. The van der Waals surface area contributed by atoms with Gasteiger partial charge in [0.25, 0.3) is 0 Å². The molecule has 0 amide bonds. The molecule has 0 radical (unpaired) electrons. The molecule has 0 atom stereocenters. The van der Waals surface area contributed by atoms with Crippen LogP contribution in [0.2, 0.25) is 0 Å². The Morgan fingerprint density at radius 3 is 2.29 bits per heavy atom. The van der Waals surface area contributed by atoms with Crippen LogP contribution < -0.4 is 11.1 Å². The molecule has 4 heteroatoms. The molecular formula is C20H27N3O. The molecule has 2 rings (SSSR count). The van der Waals surface area contributed by atoms with Crippen LogP contribution in [0.5, 0.6) is 0 Å². The third-order valence-electron chi connectivity index (χ3n) is 3.65. The Morgan fingerprint density at radius 2 is 1.58 bits per heavy atom. The number of hydrogen-bond acceptors (Lipinski definition) is 2. The average Bonchev–Trinajstić information content (AvgIpc) is 2.63. The van der Waals surface area contributed by atoms with Crippen LogP contribution in [-0.2, 0) is 17.8 Å². The Kier molecular flexibility index (Phi) is 8.44. The van der Waals surface area contributed by atoms with E-state index in [1.165, 1.54) is 11.1 Å². The quantitative estimate of drug-likeness (QED) is 0.401. The lowest BCUT2D eigenvalue weighted by Gasteiger charge is -2.06. The predicted octanol–water partition coefficient (Wildman–Crippen LogP) is 3.13. The van der Waals surface area contributed by atoms with Gasteiger partial charge in [-0.1, -0.05) is 60.7 Å². The molecule has 0 aliphatic carbocycles. The molecule has 0 fully saturated rings. The first-order valence-corrected chi connectivity index (χ1v) is 8.54. The van der Waals surface area contributed by atoms with Crippen LogP contribution in [-0.4, -0.2) is 25.7 Å². The number of nitrogens with one attached hydrogen (secondary N) is 1. The van der Waals surface area contributed by atoms with Crippen LogP contribution >= 0.6 is 0 Å². The molecule has 0 unspecified atom stereocenters. The molecule has 2 aromatic carbocycles. The SMILES string of the molecule is NC(=NCCCCOCc1ccccc1)NCCc1ccccc1. The second kappa shape index (κ2) is 11.2. The maximum Gasteiger partial charge on any atom is 0.188 e. The van der Waals surface area contributed by atoms with Gasteiger partial charge < -0.3 is 15.8 Å². The van der Waals surface area contributed by atoms with Gasteiger partial charge >= 0.3 is 0 Å². The van der Waals surface area contributed by atoms with Crippen molar-refractivity contribution in [1.82, 2.24) is 5.32 Å². The van der Waals surface area contributed by atoms with Gasteiger partial charge in [0, 0.05) is 19.7 Å². The van der Waals surface area contributed by atoms with Gasteiger partial charge in [-0.05, 0) is 30.4 Å². The summed E-state index contributed by atoms with van der Waals surface area (Å²) in [5, 5.41) is 3.15. The highest BCUT2D eigenvalue weighted by molar-refractivity contribution is 5.77. The van der Waals surface area contributed by atoms with E-state index in [0.717, 1.165) is 39.0 Å². The molecule has 0 spiro atoms. The van der Waals surface area contributed by atoms with E-state index in [2.05, 4.69) is 34.6 Å². The first-order valence-electron chi connectivity index (χ1n) is 8.54. The molecule has 2 aromatic rings. The van der Waals surface area contributed by atoms with Crippen LogP contribution in [0.25, 0.3) is 0 Å². The van der Waals surface area contributed by atoms with E-state index >= 15 is 0 Å².